The van der Waals surface area contributed by atoms with Crippen LogP contribution in [0.4, 0.5) is 18.9 Å². The number of nitrogens with one attached hydrogen (secondary N) is 2. The summed E-state index contributed by atoms with van der Waals surface area (Å²) in [6, 6.07) is 7.66. The molecule has 5 heterocycles. The highest BCUT2D eigenvalue weighted by molar-refractivity contribution is 6.34. The zero-order chi connectivity index (χ0) is 35.1. The Labute approximate surface area is 285 Å². The number of rotatable bonds is 6. The second-order valence-electron chi connectivity index (χ2n) is 13.1. The highest BCUT2D eigenvalue weighted by Gasteiger charge is 2.39. The van der Waals surface area contributed by atoms with Gasteiger partial charge in [-0.05, 0) is 36.8 Å². The normalized spacial score (nSPS) is 16.9. The number of amides is 3. The van der Waals surface area contributed by atoms with Gasteiger partial charge in [0.2, 0.25) is 5.91 Å². The predicted octanol–water partition coefficient (Wildman–Crippen LogP) is 4.66. The predicted molar refractivity (Wildman–Crippen MR) is 175 cm³/mol. The lowest BCUT2D eigenvalue weighted by molar-refractivity contribution is -0.895. The number of piperidine rings is 1. The Morgan fingerprint density at radius 2 is 1.67 bits per heavy atom. The summed E-state index contributed by atoms with van der Waals surface area (Å²) in [6.45, 7) is 5.39. The molecule has 2 fully saturated rings. The maximum absolute atomic E-state index is 13.9. The first kappa shape index (κ1) is 34.1. The van der Waals surface area contributed by atoms with Gasteiger partial charge in [0, 0.05) is 63.0 Å². The number of anilines is 1. The lowest BCUT2D eigenvalue weighted by atomic mass is 9.94. The molecule has 2 aliphatic rings. The van der Waals surface area contributed by atoms with E-state index in [9.17, 15) is 27.6 Å². The lowest BCUT2D eigenvalue weighted by Gasteiger charge is -2.40. The van der Waals surface area contributed by atoms with Crippen LogP contribution in [0.25, 0.3) is 17.1 Å². The average molecular weight is 699 g/mol. The molecule has 6 rings (SSSR count). The van der Waals surface area contributed by atoms with Gasteiger partial charge in [-0.2, -0.15) is 18.3 Å². The molecular formula is C33H36ClF3N9O3+. The zero-order valence-corrected chi connectivity index (χ0v) is 28.0. The molecule has 2 saturated heterocycles. The van der Waals surface area contributed by atoms with E-state index in [0.29, 0.717) is 26.2 Å². The molecule has 16 heteroatoms. The topological polar surface area (TPSA) is 129 Å². The maximum atomic E-state index is 13.9. The van der Waals surface area contributed by atoms with Crippen molar-refractivity contribution < 1.29 is 32.0 Å². The van der Waals surface area contributed by atoms with E-state index in [1.807, 2.05) is 4.90 Å². The van der Waals surface area contributed by atoms with E-state index in [1.54, 1.807) is 24.0 Å². The fourth-order valence-electron chi connectivity index (χ4n) is 6.10. The average Bonchev–Trinajstić information content (AvgIpc) is 3.73. The summed E-state index contributed by atoms with van der Waals surface area (Å²) < 4.78 is 43.6. The van der Waals surface area contributed by atoms with Crippen molar-refractivity contribution in [2.45, 2.75) is 25.9 Å². The minimum absolute atomic E-state index is 0.0244. The van der Waals surface area contributed by atoms with Crippen LogP contribution in [0.1, 0.15) is 45.1 Å². The van der Waals surface area contributed by atoms with E-state index < -0.39 is 17.8 Å². The van der Waals surface area contributed by atoms with E-state index >= 15 is 0 Å². The third-order valence-corrected chi connectivity index (χ3v) is 9.36. The van der Waals surface area contributed by atoms with Crippen molar-refractivity contribution in [1.29, 1.82) is 0 Å². The van der Waals surface area contributed by atoms with Crippen LogP contribution in [0, 0.1) is 12.8 Å². The Kier molecular flexibility index (Phi) is 9.24. The smallest absolute Gasteiger partial charge is 0.339 e. The van der Waals surface area contributed by atoms with Crippen LogP contribution < -0.4 is 5.32 Å². The molecule has 49 heavy (non-hydrogen) atoms. The number of H-pyrrole nitrogens is 1. The van der Waals surface area contributed by atoms with E-state index in [0.717, 1.165) is 46.9 Å². The van der Waals surface area contributed by atoms with Crippen molar-refractivity contribution in [3.05, 3.63) is 76.6 Å². The van der Waals surface area contributed by atoms with Crippen LogP contribution in [-0.2, 0) is 11.0 Å². The monoisotopic (exact) mass is 698 g/mol. The number of aromatic amines is 1. The van der Waals surface area contributed by atoms with Crippen molar-refractivity contribution in [2.24, 2.45) is 5.92 Å². The molecule has 3 amide bonds. The second-order valence-corrected chi connectivity index (χ2v) is 13.5. The fourth-order valence-corrected chi connectivity index (χ4v) is 6.36. The van der Waals surface area contributed by atoms with Crippen molar-refractivity contribution in [3.8, 4) is 17.1 Å². The second kappa shape index (κ2) is 13.3. The quantitative estimate of drug-likeness (QED) is 0.282. The summed E-state index contributed by atoms with van der Waals surface area (Å²) in [5, 5.41) is 6.41. The summed E-state index contributed by atoms with van der Waals surface area (Å²) in [5.41, 5.74) is -0.220. The van der Waals surface area contributed by atoms with Gasteiger partial charge < -0.3 is 24.6 Å². The number of quaternary nitrogens is 1. The summed E-state index contributed by atoms with van der Waals surface area (Å²) in [6.07, 6.45) is 0.736. The molecule has 0 saturated carbocycles. The number of aryl methyl sites for hydroxylation is 1. The van der Waals surface area contributed by atoms with Gasteiger partial charge in [-0.1, -0.05) is 17.7 Å². The Morgan fingerprint density at radius 3 is 2.31 bits per heavy atom. The van der Waals surface area contributed by atoms with Crippen molar-refractivity contribution in [1.82, 2.24) is 34.5 Å². The maximum Gasteiger partial charge on any atom is 0.435 e. The first-order valence-electron chi connectivity index (χ1n) is 15.8. The van der Waals surface area contributed by atoms with Crippen LogP contribution in [0.3, 0.4) is 0 Å². The highest BCUT2D eigenvalue weighted by atomic mass is 35.5. The van der Waals surface area contributed by atoms with E-state index in [4.69, 9.17) is 11.6 Å². The fraction of sp³-hybridized carbons (Fsp3) is 0.394. The first-order valence-corrected chi connectivity index (χ1v) is 16.2. The summed E-state index contributed by atoms with van der Waals surface area (Å²) in [4.78, 5) is 53.6. The highest BCUT2D eigenvalue weighted by Crippen LogP contribution is 2.36. The molecule has 0 bridgehead atoms. The number of hydrogen-bond acceptors (Lipinski definition) is 6. The third-order valence-electron chi connectivity index (χ3n) is 9.05. The molecule has 0 radical (unpaired) electrons. The van der Waals surface area contributed by atoms with Gasteiger partial charge in [-0.3, -0.25) is 14.4 Å². The van der Waals surface area contributed by atoms with Gasteiger partial charge in [0.05, 0.1) is 55.2 Å². The molecule has 4 aromatic rings. The van der Waals surface area contributed by atoms with Crippen LogP contribution >= 0.6 is 11.6 Å². The molecule has 2 aliphatic heterocycles. The Morgan fingerprint density at radius 1 is 0.980 bits per heavy atom. The van der Waals surface area contributed by atoms with Crippen LogP contribution in [0.5, 0.6) is 0 Å². The molecular weight excluding hydrogens is 663 g/mol. The number of carbonyl (C=O) groups is 3. The standard InChI is InChI=1S/C33H35ClF3N9O3/c1-20-4-7-27(38-17-20)45-19-24(28(42-45)33(35,36)37)26-18-39-29(41-26)30(47)40-22-5-6-23(25(34)16-22)32(49)44-12-10-43(11-13-44)31(48)21-8-14-46(2,3)15-9-21/h4-7,16-19,21H,8-15H2,1-3H3,(H-,39,40,41,47,49)/p+1. The SMILES string of the molecule is Cc1ccc(-n2cc(-c3cnc(C(=O)Nc4ccc(C(=O)N5CCN(C(=O)C6CC[N+](C)(C)CC6)CC5)c(Cl)c4)[nH]3)c(C(F)(F)F)n2)nc1. The van der Waals surface area contributed by atoms with Gasteiger partial charge in [0.1, 0.15) is 0 Å². The summed E-state index contributed by atoms with van der Waals surface area (Å²) >= 11 is 6.47. The number of pyridine rings is 1. The van der Waals surface area contributed by atoms with Crippen molar-refractivity contribution >= 4 is 35.0 Å². The number of nitrogens with zero attached hydrogens (tertiary/aromatic N) is 7. The van der Waals surface area contributed by atoms with Crippen molar-refractivity contribution in [2.75, 3.05) is 58.7 Å². The Hall–Kier alpha value is -4.76. The number of alkyl halides is 3. The zero-order valence-electron chi connectivity index (χ0n) is 27.2. The molecule has 12 nitrogen and oxygen atoms in total. The van der Waals surface area contributed by atoms with Gasteiger partial charge >= 0.3 is 6.18 Å². The van der Waals surface area contributed by atoms with E-state index in [-0.39, 0.29) is 56.9 Å². The summed E-state index contributed by atoms with van der Waals surface area (Å²) in [7, 11) is 4.35. The molecule has 0 aliphatic carbocycles. The number of halogens is 4. The molecule has 1 aromatic carbocycles. The number of benzene rings is 1. The van der Waals surface area contributed by atoms with Crippen LogP contribution in [-0.4, -0.2) is 110 Å². The minimum atomic E-state index is -4.79. The third kappa shape index (κ3) is 7.47. The minimum Gasteiger partial charge on any atom is -0.339 e. The van der Waals surface area contributed by atoms with Crippen LogP contribution in [0.15, 0.2) is 48.9 Å². The lowest BCUT2D eigenvalue weighted by Crippen LogP contribution is -2.54. The molecule has 2 N–H and O–H groups in total. The molecule has 0 spiro atoms. The largest absolute Gasteiger partial charge is 0.435 e. The van der Waals surface area contributed by atoms with Gasteiger partial charge in [-0.15, -0.1) is 0 Å². The molecule has 0 atom stereocenters. The van der Waals surface area contributed by atoms with Crippen molar-refractivity contribution in [3.63, 3.8) is 0 Å². The number of likely N-dealkylation sites (tertiary alicyclic amines) is 1. The first-order chi connectivity index (χ1) is 23.2. The van der Waals surface area contributed by atoms with E-state index in [1.165, 1.54) is 30.6 Å². The molecule has 3 aromatic heterocycles. The summed E-state index contributed by atoms with van der Waals surface area (Å²) in [5.74, 6) is -0.896. The molecule has 258 valence electrons. The number of hydrogen-bond donors (Lipinski definition) is 2. The van der Waals surface area contributed by atoms with Gasteiger partial charge in [0.25, 0.3) is 11.8 Å². The number of piperazine rings is 1. The number of carbonyl (C=O) groups excluding carboxylic acids is 3. The van der Waals surface area contributed by atoms with E-state index in [2.05, 4.69) is 39.5 Å². The van der Waals surface area contributed by atoms with Crippen LogP contribution in [0.2, 0.25) is 5.02 Å². The van der Waals surface area contributed by atoms with Gasteiger partial charge in [0.15, 0.2) is 17.3 Å². The number of aromatic nitrogens is 5. The van der Waals surface area contributed by atoms with Gasteiger partial charge in [-0.25, -0.2) is 14.6 Å². The molecule has 0 unspecified atom stereocenters. The Bertz CT molecular complexity index is 1870. The Balaban J connectivity index is 1.09. The number of imidazole rings is 1.